The van der Waals surface area contributed by atoms with Gasteiger partial charge in [-0.1, -0.05) is 12.1 Å². The molecule has 1 saturated heterocycles. The van der Waals surface area contributed by atoms with Crippen LogP contribution in [0.1, 0.15) is 6.42 Å². The zero-order chi connectivity index (χ0) is 13.2. The number of rotatable bonds is 5. The van der Waals surface area contributed by atoms with E-state index < -0.39 is 14.8 Å². The molecular weight excluding hydrogens is 256 g/mol. The van der Waals surface area contributed by atoms with Crippen LogP contribution in [0.15, 0.2) is 29.2 Å². The summed E-state index contributed by atoms with van der Waals surface area (Å²) in [7, 11) is -3.58. The molecule has 1 N–H and O–H groups in total. The molecule has 1 fully saturated rings. The standard InChI is InChI=1S/C11H14N2O4S/c14-13(15)10-3-1-2-4-11(10)18(16,17)6-5-9-7-12-8-9/h1-4,9,12H,5-8H2. The summed E-state index contributed by atoms with van der Waals surface area (Å²) in [6.07, 6.45) is 0.543. The zero-order valence-electron chi connectivity index (χ0n) is 9.70. The molecule has 1 heterocycles. The number of hydrogen-bond donors (Lipinski definition) is 1. The Balaban J connectivity index is 2.20. The van der Waals surface area contributed by atoms with E-state index in [4.69, 9.17) is 0 Å². The van der Waals surface area contributed by atoms with Crippen molar-refractivity contribution in [1.82, 2.24) is 5.32 Å². The van der Waals surface area contributed by atoms with Crippen LogP contribution in [0.2, 0.25) is 0 Å². The van der Waals surface area contributed by atoms with Crippen LogP contribution < -0.4 is 5.32 Å². The molecule has 0 unspecified atom stereocenters. The van der Waals surface area contributed by atoms with E-state index >= 15 is 0 Å². The summed E-state index contributed by atoms with van der Waals surface area (Å²) in [6.45, 7) is 1.65. The summed E-state index contributed by atoms with van der Waals surface area (Å²) in [6, 6.07) is 5.49. The van der Waals surface area contributed by atoms with Crippen LogP contribution in [0, 0.1) is 16.0 Å². The Morgan fingerprint density at radius 2 is 2.00 bits per heavy atom. The summed E-state index contributed by atoms with van der Waals surface area (Å²) < 4.78 is 24.2. The lowest BCUT2D eigenvalue weighted by Crippen LogP contribution is -2.42. The van der Waals surface area contributed by atoms with Crippen molar-refractivity contribution in [3.8, 4) is 0 Å². The van der Waals surface area contributed by atoms with Crippen LogP contribution in [-0.2, 0) is 9.84 Å². The van der Waals surface area contributed by atoms with Gasteiger partial charge in [-0.15, -0.1) is 0 Å². The predicted octanol–water partition coefficient (Wildman–Crippen LogP) is 0.978. The van der Waals surface area contributed by atoms with Crippen LogP contribution >= 0.6 is 0 Å². The van der Waals surface area contributed by atoms with E-state index in [-0.39, 0.29) is 16.3 Å². The molecule has 0 saturated carbocycles. The highest BCUT2D eigenvalue weighted by Crippen LogP contribution is 2.25. The fraction of sp³-hybridized carbons (Fsp3) is 0.455. The quantitative estimate of drug-likeness (QED) is 0.636. The number of benzene rings is 1. The fourth-order valence-electron chi connectivity index (χ4n) is 1.86. The minimum Gasteiger partial charge on any atom is -0.316 e. The van der Waals surface area contributed by atoms with E-state index in [1.807, 2.05) is 0 Å². The van der Waals surface area contributed by atoms with E-state index in [0.29, 0.717) is 12.3 Å². The second-order valence-corrected chi connectivity index (χ2v) is 6.43. The molecule has 1 aliphatic heterocycles. The summed E-state index contributed by atoms with van der Waals surface area (Å²) in [5.41, 5.74) is -0.343. The summed E-state index contributed by atoms with van der Waals surface area (Å²) in [4.78, 5) is 9.97. The molecule has 0 amide bonds. The Bertz CT molecular complexity index is 552. The molecule has 1 aromatic rings. The Morgan fingerprint density at radius 3 is 2.56 bits per heavy atom. The number of para-hydroxylation sites is 1. The van der Waals surface area contributed by atoms with Gasteiger partial charge in [0.2, 0.25) is 0 Å². The third-order valence-electron chi connectivity index (χ3n) is 3.06. The highest BCUT2D eigenvalue weighted by molar-refractivity contribution is 7.91. The number of nitrogens with zero attached hydrogens (tertiary/aromatic N) is 1. The lowest BCUT2D eigenvalue weighted by atomic mass is 10.0. The van der Waals surface area contributed by atoms with E-state index in [9.17, 15) is 18.5 Å². The largest absolute Gasteiger partial charge is 0.316 e. The normalized spacial score (nSPS) is 16.2. The second kappa shape index (κ2) is 5.03. The van der Waals surface area contributed by atoms with Gasteiger partial charge in [0.05, 0.1) is 10.7 Å². The van der Waals surface area contributed by atoms with Crippen molar-refractivity contribution in [3.05, 3.63) is 34.4 Å². The topological polar surface area (TPSA) is 89.3 Å². The van der Waals surface area contributed by atoms with Crippen molar-refractivity contribution in [2.45, 2.75) is 11.3 Å². The molecular formula is C11H14N2O4S. The first-order valence-corrected chi connectivity index (χ1v) is 7.33. The lowest BCUT2D eigenvalue weighted by Gasteiger charge is -2.26. The van der Waals surface area contributed by atoms with Gasteiger partial charge < -0.3 is 5.32 Å². The second-order valence-electron chi connectivity index (χ2n) is 4.36. The Labute approximate surface area is 105 Å². The minimum atomic E-state index is -3.58. The summed E-state index contributed by atoms with van der Waals surface area (Å²) in [5, 5.41) is 13.9. The molecule has 0 spiro atoms. The van der Waals surface area contributed by atoms with Crippen LogP contribution in [0.4, 0.5) is 5.69 Å². The van der Waals surface area contributed by atoms with E-state index in [1.165, 1.54) is 24.3 Å². The SMILES string of the molecule is O=[N+]([O-])c1ccccc1S(=O)(=O)CCC1CNC1. The number of sulfone groups is 1. The highest BCUT2D eigenvalue weighted by atomic mass is 32.2. The van der Waals surface area contributed by atoms with Crippen molar-refractivity contribution in [2.75, 3.05) is 18.8 Å². The van der Waals surface area contributed by atoms with Gasteiger partial charge in [-0.05, 0) is 31.5 Å². The van der Waals surface area contributed by atoms with E-state index in [0.717, 1.165) is 13.1 Å². The van der Waals surface area contributed by atoms with Gasteiger partial charge in [-0.2, -0.15) is 0 Å². The molecule has 0 aromatic heterocycles. The predicted molar refractivity (Wildman–Crippen MR) is 66.1 cm³/mol. The molecule has 1 aliphatic rings. The molecule has 18 heavy (non-hydrogen) atoms. The Morgan fingerprint density at radius 1 is 1.33 bits per heavy atom. The van der Waals surface area contributed by atoms with Crippen molar-refractivity contribution >= 4 is 15.5 Å². The molecule has 7 heteroatoms. The molecule has 1 aromatic carbocycles. The fourth-order valence-corrected chi connectivity index (χ4v) is 3.47. The van der Waals surface area contributed by atoms with E-state index in [2.05, 4.69) is 5.32 Å². The third-order valence-corrected chi connectivity index (χ3v) is 4.85. The van der Waals surface area contributed by atoms with Crippen molar-refractivity contribution < 1.29 is 13.3 Å². The van der Waals surface area contributed by atoms with Crippen molar-refractivity contribution in [1.29, 1.82) is 0 Å². The number of nitrogens with one attached hydrogen (secondary N) is 1. The monoisotopic (exact) mass is 270 g/mol. The average molecular weight is 270 g/mol. The molecule has 0 bridgehead atoms. The lowest BCUT2D eigenvalue weighted by molar-refractivity contribution is -0.387. The number of hydrogen-bond acceptors (Lipinski definition) is 5. The molecule has 0 atom stereocenters. The first kappa shape index (κ1) is 13.0. The first-order chi connectivity index (χ1) is 8.50. The summed E-state index contributed by atoms with van der Waals surface area (Å²) in [5.74, 6) is 0.326. The van der Waals surface area contributed by atoms with Gasteiger partial charge in [0, 0.05) is 6.07 Å². The van der Waals surface area contributed by atoms with Crippen molar-refractivity contribution in [3.63, 3.8) is 0 Å². The van der Waals surface area contributed by atoms with Gasteiger partial charge in [-0.25, -0.2) is 8.42 Å². The van der Waals surface area contributed by atoms with Crippen LogP contribution in [0.3, 0.4) is 0 Å². The zero-order valence-corrected chi connectivity index (χ0v) is 10.5. The number of nitro groups is 1. The molecule has 6 nitrogen and oxygen atoms in total. The molecule has 2 rings (SSSR count). The van der Waals surface area contributed by atoms with Gasteiger partial charge >= 0.3 is 0 Å². The van der Waals surface area contributed by atoms with Gasteiger partial charge in [0.15, 0.2) is 9.84 Å². The maximum absolute atomic E-state index is 12.1. The summed E-state index contributed by atoms with van der Waals surface area (Å²) >= 11 is 0. The Hall–Kier alpha value is -1.47. The maximum atomic E-state index is 12.1. The van der Waals surface area contributed by atoms with Crippen LogP contribution in [-0.4, -0.2) is 32.2 Å². The Kier molecular flexibility index (Phi) is 3.63. The number of nitro benzene ring substituents is 1. The van der Waals surface area contributed by atoms with Crippen molar-refractivity contribution in [2.24, 2.45) is 5.92 Å². The van der Waals surface area contributed by atoms with Crippen LogP contribution in [0.25, 0.3) is 0 Å². The highest BCUT2D eigenvalue weighted by Gasteiger charge is 2.27. The molecule has 0 radical (unpaired) electrons. The minimum absolute atomic E-state index is 0.0375. The molecule has 98 valence electrons. The third kappa shape index (κ3) is 2.68. The maximum Gasteiger partial charge on any atom is 0.287 e. The van der Waals surface area contributed by atoms with Gasteiger partial charge in [0.25, 0.3) is 5.69 Å². The first-order valence-electron chi connectivity index (χ1n) is 5.67. The van der Waals surface area contributed by atoms with Crippen LogP contribution in [0.5, 0.6) is 0 Å². The molecule has 0 aliphatic carbocycles. The average Bonchev–Trinajstić information content (AvgIpc) is 2.26. The van der Waals surface area contributed by atoms with Gasteiger partial charge in [0.1, 0.15) is 4.90 Å². The van der Waals surface area contributed by atoms with E-state index in [1.54, 1.807) is 0 Å². The smallest absolute Gasteiger partial charge is 0.287 e. The van der Waals surface area contributed by atoms with Gasteiger partial charge in [-0.3, -0.25) is 10.1 Å².